The topological polar surface area (TPSA) is 81.5 Å². The van der Waals surface area contributed by atoms with Crippen LogP contribution < -0.4 is 10.1 Å². The highest BCUT2D eigenvalue weighted by Crippen LogP contribution is 2.41. The predicted octanol–water partition coefficient (Wildman–Crippen LogP) is 3.89. The number of para-hydroxylation sites is 2. The van der Waals surface area contributed by atoms with Crippen molar-refractivity contribution in [2.45, 2.75) is 18.9 Å². The smallest absolute Gasteiger partial charge is 0.310 e. The van der Waals surface area contributed by atoms with Crippen LogP contribution in [0.2, 0.25) is 5.02 Å². The Kier molecular flexibility index (Phi) is 5.19. The lowest BCUT2D eigenvalue weighted by Gasteiger charge is -2.19. The molecule has 1 amide bonds. The maximum absolute atomic E-state index is 12.2. The summed E-state index contributed by atoms with van der Waals surface area (Å²) in [6, 6.07) is 13.3. The molecule has 1 saturated carbocycles. The van der Waals surface area contributed by atoms with Crippen LogP contribution in [-0.2, 0) is 4.79 Å². The van der Waals surface area contributed by atoms with Gasteiger partial charge in [-0.05, 0) is 42.5 Å². The quantitative estimate of drug-likeness (QED) is 0.599. The number of nitrogens with one attached hydrogen (secondary N) is 1. The number of amides is 1. The van der Waals surface area contributed by atoms with E-state index in [2.05, 4.69) is 5.32 Å². The Morgan fingerprint density at radius 2 is 1.92 bits per heavy atom. The molecule has 6 nitrogen and oxygen atoms in total. The van der Waals surface area contributed by atoms with E-state index in [1.54, 1.807) is 24.3 Å². The minimum absolute atomic E-state index is 0.0807. The molecule has 1 N–H and O–H groups in total. The Bertz CT molecular complexity index is 775. The van der Waals surface area contributed by atoms with Crippen molar-refractivity contribution in [2.24, 2.45) is 5.92 Å². The van der Waals surface area contributed by atoms with Gasteiger partial charge in [-0.1, -0.05) is 35.9 Å². The van der Waals surface area contributed by atoms with Crippen LogP contribution in [-0.4, -0.2) is 17.4 Å². The summed E-state index contributed by atoms with van der Waals surface area (Å²) in [4.78, 5) is 22.7. The monoisotopic (exact) mass is 360 g/mol. The molecule has 2 aromatic carbocycles. The second-order valence-corrected chi connectivity index (χ2v) is 6.38. The average Bonchev–Trinajstić information content (AvgIpc) is 3.44. The lowest BCUT2D eigenvalue weighted by atomic mass is 10.0. The van der Waals surface area contributed by atoms with Gasteiger partial charge in [0, 0.05) is 11.1 Å². The fraction of sp³-hybridized carbons (Fsp3) is 0.278. The number of carbonyl (C=O) groups is 1. The van der Waals surface area contributed by atoms with E-state index in [0.717, 1.165) is 18.4 Å². The fourth-order valence-electron chi connectivity index (χ4n) is 2.66. The average molecular weight is 361 g/mol. The summed E-state index contributed by atoms with van der Waals surface area (Å²) in [5, 5.41) is 14.6. The number of nitrogens with zero attached hydrogens (tertiary/aromatic N) is 1. The molecule has 1 aliphatic carbocycles. The minimum Gasteiger partial charge on any atom is -0.477 e. The van der Waals surface area contributed by atoms with Gasteiger partial charge in [-0.3, -0.25) is 14.9 Å². The molecule has 0 unspecified atom stereocenters. The summed E-state index contributed by atoms with van der Waals surface area (Å²) in [5.74, 6) is 0.165. The first-order chi connectivity index (χ1) is 12.0. The van der Waals surface area contributed by atoms with Gasteiger partial charge in [0.25, 0.3) is 5.91 Å². The van der Waals surface area contributed by atoms with Crippen molar-refractivity contribution < 1.29 is 14.5 Å². The highest BCUT2D eigenvalue weighted by Gasteiger charge is 2.33. The first-order valence-corrected chi connectivity index (χ1v) is 8.33. The van der Waals surface area contributed by atoms with Gasteiger partial charge in [-0.2, -0.15) is 0 Å². The van der Waals surface area contributed by atoms with Crippen molar-refractivity contribution in [3.8, 4) is 5.75 Å². The number of carbonyl (C=O) groups excluding carboxylic acids is 1. The van der Waals surface area contributed by atoms with Crippen LogP contribution in [0.25, 0.3) is 0 Å². The number of ether oxygens (including phenoxy) is 1. The van der Waals surface area contributed by atoms with Crippen LogP contribution in [0.5, 0.6) is 5.75 Å². The molecule has 2 aromatic rings. The molecule has 3 rings (SSSR count). The summed E-state index contributed by atoms with van der Waals surface area (Å²) in [7, 11) is 0. The number of halogens is 1. The Hall–Kier alpha value is -2.60. The molecule has 7 heteroatoms. The Morgan fingerprint density at radius 1 is 1.24 bits per heavy atom. The van der Waals surface area contributed by atoms with Gasteiger partial charge in [0.2, 0.25) is 0 Å². The van der Waals surface area contributed by atoms with Crippen molar-refractivity contribution in [3.05, 3.63) is 69.2 Å². The highest BCUT2D eigenvalue weighted by atomic mass is 35.5. The molecule has 0 heterocycles. The lowest BCUT2D eigenvalue weighted by Crippen LogP contribution is -2.33. The molecule has 0 bridgehead atoms. The maximum Gasteiger partial charge on any atom is 0.310 e. The third-order valence-electron chi connectivity index (χ3n) is 4.06. The van der Waals surface area contributed by atoms with Gasteiger partial charge >= 0.3 is 5.69 Å². The molecule has 25 heavy (non-hydrogen) atoms. The molecule has 1 fully saturated rings. The van der Waals surface area contributed by atoms with Crippen molar-refractivity contribution in [3.63, 3.8) is 0 Å². The molecule has 0 saturated heterocycles. The zero-order chi connectivity index (χ0) is 17.8. The molecule has 0 aromatic heterocycles. The van der Waals surface area contributed by atoms with E-state index in [9.17, 15) is 14.9 Å². The lowest BCUT2D eigenvalue weighted by molar-refractivity contribution is -0.385. The zero-order valence-corrected chi connectivity index (χ0v) is 14.1. The Morgan fingerprint density at radius 3 is 2.56 bits per heavy atom. The normalized spacial score (nSPS) is 14.6. The van der Waals surface area contributed by atoms with Gasteiger partial charge in [0.15, 0.2) is 12.4 Å². The molecule has 0 aliphatic heterocycles. The predicted molar refractivity (Wildman–Crippen MR) is 93.7 cm³/mol. The van der Waals surface area contributed by atoms with E-state index in [0.29, 0.717) is 10.9 Å². The summed E-state index contributed by atoms with van der Waals surface area (Å²) in [6.45, 7) is -0.276. The fourth-order valence-corrected chi connectivity index (χ4v) is 2.79. The Balaban J connectivity index is 1.63. The van der Waals surface area contributed by atoms with E-state index in [1.807, 2.05) is 12.1 Å². The van der Waals surface area contributed by atoms with E-state index < -0.39 is 4.92 Å². The molecule has 1 atom stereocenters. The van der Waals surface area contributed by atoms with Crippen molar-refractivity contribution in [1.29, 1.82) is 0 Å². The minimum atomic E-state index is -0.534. The van der Waals surface area contributed by atoms with Crippen LogP contribution in [0.1, 0.15) is 24.4 Å². The Labute approximate surface area is 149 Å². The summed E-state index contributed by atoms with van der Waals surface area (Å²) < 4.78 is 5.34. The number of hydrogen-bond acceptors (Lipinski definition) is 4. The summed E-state index contributed by atoms with van der Waals surface area (Å²) >= 11 is 5.91. The van der Waals surface area contributed by atoms with Gasteiger partial charge in [-0.25, -0.2) is 0 Å². The third kappa shape index (κ3) is 4.48. The first-order valence-electron chi connectivity index (χ1n) is 7.95. The second kappa shape index (κ2) is 7.53. The van der Waals surface area contributed by atoms with Crippen LogP contribution in [0, 0.1) is 16.0 Å². The van der Waals surface area contributed by atoms with Crippen molar-refractivity contribution in [1.82, 2.24) is 5.32 Å². The molecule has 0 spiro atoms. The van der Waals surface area contributed by atoms with Crippen molar-refractivity contribution >= 4 is 23.2 Å². The summed E-state index contributed by atoms with van der Waals surface area (Å²) in [5.41, 5.74) is 0.831. The first kappa shape index (κ1) is 17.2. The summed E-state index contributed by atoms with van der Waals surface area (Å²) in [6.07, 6.45) is 2.11. The van der Waals surface area contributed by atoms with Crippen LogP contribution in [0.4, 0.5) is 5.69 Å². The van der Waals surface area contributed by atoms with E-state index in [1.165, 1.54) is 12.1 Å². The number of rotatable bonds is 7. The van der Waals surface area contributed by atoms with E-state index >= 15 is 0 Å². The van der Waals surface area contributed by atoms with Gasteiger partial charge in [0.1, 0.15) is 0 Å². The maximum atomic E-state index is 12.2. The van der Waals surface area contributed by atoms with E-state index in [-0.39, 0.29) is 30.0 Å². The molecule has 130 valence electrons. The van der Waals surface area contributed by atoms with Crippen LogP contribution >= 0.6 is 11.6 Å². The SMILES string of the molecule is O=C(COc1ccccc1[N+](=O)[O-])N[C@@H](c1ccc(Cl)cc1)C1CC1. The number of benzene rings is 2. The second-order valence-electron chi connectivity index (χ2n) is 5.95. The zero-order valence-electron chi connectivity index (χ0n) is 13.4. The van der Waals surface area contributed by atoms with Crippen LogP contribution in [0.15, 0.2) is 48.5 Å². The standard InChI is InChI=1S/C18H17ClN2O4/c19-14-9-7-13(8-10-14)18(12-5-6-12)20-17(22)11-25-16-4-2-1-3-15(16)21(23)24/h1-4,7-10,12,18H,5-6,11H2,(H,20,22)/t18-/m1/s1. The molecular weight excluding hydrogens is 344 g/mol. The van der Waals surface area contributed by atoms with Gasteiger partial charge < -0.3 is 10.1 Å². The van der Waals surface area contributed by atoms with Crippen LogP contribution in [0.3, 0.4) is 0 Å². The third-order valence-corrected chi connectivity index (χ3v) is 4.31. The molecule has 1 aliphatic rings. The van der Waals surface area contributed by atoms with E-state index in [4.69, 9.17) is 16.3 Å². The number of nitro groups is 1. The molecule has 0 radical (unpaired) electrons. The highest BCUT2D eigenvalue weighted by molar-refractivity contribution is 6.30. The largest absolute Gasteiger partial charge is 0.477 e. The number of nitro benzene ring substituents is 1. The van der Waals surface area contributed by atoms with Crippen molar-refractivity contribution in [2.75, 3.05) is 6.61 Å². The number of hydrogen-bond donors (Lipinski definition) is 1. The van der Waals surface area contributed by atoms with Gasteiger partial charge in [-0.15, -0.1) is 0 Å². The van der Waals surface area contributed by atoms with Gasteiger partial charge in [0.05, 0.1) is 11.0 Å². The molecular formula is C18H17ClN2O4.